The largest absolute Gasteiger partial charge is 0.246 e. The predicted octanol–water partition coefficient (Wildman–Crippen LogP) is 14.4. The van der Waals surface area contributed by atoms with Crippen molar-refractivity contribution in [2.75, 3.05) is 0 Å². The molecule has 0 amide bonds. The van der Waals surface area contributed by atoms with E-state index in [1.807, 2.05) is 24.3 Å². The van der Waals surface area contributed by atoms with Gasteiger partial charge in [0.2, 0.25) is 0 Å². The van der Waals surface area contributed by atoms with E-state index in [1.165, 1.54) is 27.8 Å². The molecule has 272 valence electrons. The highest BCUT2D eigenvalue weighted by Crippen LogP contribution is 2.36. The summed E-state index contributed by atoms with van der Waals surface area (Å²) in [7, 11) is 0. The molecule has 0 bridgehead atoms. The normalized spacial score (nSPS) is 11.1. The zero-order valence-corrected chi connectivity index (χ0v) is 31.7. The van der Waals surface area contributed by atoms with Gasteiger partial charge in [0.1, 0.15) is 5.69 Å². The Morgan fingerprint density at radius 2 is 0.603 bits per heavy atom. The Balaban J connectivity index is 1.02. The second-order valence-electron chi connectivity index (χ2n) is 14.5. The van der Waals surface area contributed by atoms with Gasteiger partial charge in [-0.1, -0.05) is 182 Å². The molecule has 10 rings (SSSR count). The fraction of sp³-hybridized carbons (Fsp3) is 0. The van der Waals surface area contributed by atoms with Crippen LogP contribution >= 0.6 is 0 Å². The van der Waals surface area contributed by atoms with E-state index < -0.39 is 0 Å². The Morgan fingerprint density at radius 1 is 0.224 bits per heavy atom. The van der Waals surface area contributed by atoms with Gasteiger partial charge in [-0.3, -0.25) is 0 Å². The number of para-hydroxylation sites is 1. The maximum absolute atomic E-state index is 5.30. The van der Waals surface area contributed by atoms with Crippen molar-refractivity contribution in [1.29, 1.82) is 0 Å². The smallest absolute Gasteiger partial charge is 0.160 e. The Morgan fingerprint density at radius 3 is 1.14 bits per heavy atom. The van der Waals surface area contributed by atoms with Crippen LogP contribution in [0.2, 0.25) is 0 Å². The lowest BCUT2D eigenvalue weighted by atomic mass is 9.94. The summed E-state index contributed by atoms with van der Waals surface area (Å²) in [6, 6.07) is 78.8. The van der Waals surface area contributed by atoms with Gasteiger partial charge in [0, 0.05) is 16.5 Å². The molecule has 0 fully saturated rings. The Kier molecular flexibility index (Phi) is 9.23. The van der Waals surface area contributed by atoms with Crippen LogP contribution in [0.1, 0.15) is 0 Å². The van der Waals surface area contributed by atoms with Crippen LogP contribution in [0.5, 0.6) is 0 Å². The van der Waals surface area contributed by atoms with Gasteiger partial charge in [0.25, 0.3) is 0 Å². The molecule has 3 nitrogen and oxygen atoms in total. The van der Waals surface area contributed by atoms with Gasteiger partial charge >= 0.3 is 0 Å². The minimum Gasteiger partial charge on any atom is -0.246 e. The van der Waals surface area contributed by atoms with E-state index in [0.29, 0.717) is 5.82 Å². The maximum atomic E-state index is 5.30. The molecule has 10 aromatic rings. The average molecular weight is 740 g/mol. The lowest BCUT2D eigenvalue weighted by Crippen LogP contribution is -1.98. The average Bonchev–Trinajstić information content (AvgIpc) is 3.32. The summed E-state index contributed by atoms with van der Waals surface area (Å²) < 4.78 is 0. The predicted molar refractivity (Wildman–Crippen MR) is 241 cm³/mol. The lowest BCUT2D eigenvalue weighted by molar-refractivity contribution is 1.20. The van der Waals surface area contributed by atoms with Gasteiger partial charge in [-0.2, -0.15) is 0 Å². The third kappa shape index (κ3) is 7.09. The molecule has 0 spiro atoms. The monoisotopic (exact) mass is 739 g/mol. The summed E-state index contributed by atoms with van der Waals surface area (Å²) in [5.74, 6) is 0.658. The Labute approximate surface area is 338 Å². The van der Waals surface area contributed by atoms with E-state index in [1.54, 1.807) is 0 Å². The van der Waals surface area contributed by atoms with Gasteiger partial charge in [-0.25, -0.2) is 15.0 Å². The number of fused-ring (bicyclic) bond motifs is 1. The SMILES string of the molecule is c1ccc(-c2cccc(-c3cccc(-c4cccc(-c5cccc(-c6nc(-c7cc(-c8ccccc8)cc(-c8ccccc8)n7)c7ccccc7n6)c5)c4)c3)c2)cc1. The van der Waals surface area contributed by atoms with Crippen molar-refractivity contribution in [3.8, 4) is 89.7 Å². The minimum atomic E-state index is 0.658. The van der Waals surface area contributed by atoms with Crippen molar-refractivity contribution in [3.63, 3.8) is 0 Å². The van der Waals surface area contributed by atoms with Crippen molar-refractivity contribution in [2.45, 2.75) is 0 Å². The van der Waals surface area contributed by atoms with Gasteiger partial charge in [0.05, 0.1) is 16.9 Å². The molecule has 0 saturated carbocycles. The fourth-order valence-corrected chi connectivity index (χ4v) is 7.71. The standard InChI is InChI=1S/C55H37N3/c1-4-16-38(17-5-1)41-22-12-23-42(32-41)43-24-13-25-44(33-43)45-26-14-27-46(34-45)47-28-15-29-48(35-47)55-57-51-31-11-10-30-50(51)54(58-55)53-37-49(39-18-6-2-7-19-39)36-52(56-53)40-20-8-3-9-21-40/h1-37H. The number of nitrogens with zero attached hydrogens (tertiary/aromatic N) is 3. The molecule has 3 heteroatoms. The van der Waals surface area contributed by atoms with Gasteiger partial charge in [-0.05, 0) is 98.1 Å². The van der Waals surface area contributed by atoms with Gasteiger partial charge in [0.15, 0.2) is 5.82 Å². The molecular formula is C55H37N3. The Hall–Kier alpha value is -7.75. The molecule has 0 unspecified atom stereocenters. The van der Waals surface area contributed by atoms with Crippen LogP contribution in [0, 0.1) is 0 Å². The van der Waals surface area contributed by atoms with Gasteiger partial charge < -0.3 is 0 Å². The van der Waals surface area contributed by atoms with Crippen molar-refractivity contribution in [3.05, 3.63) is 224 Å². The second kappa shape index (κ2) is 15.4. The van der Waals surface area contributed by atoms with E-state index in [0.717, 1.165) is 66.9 Å². The third-order valence-corrected chi connectivity index (χ3v) is 10.7. The van der Waals surface area contributed by atoms with E-state index in [-0.39, 0.29) is 0 Å². The first kappa shape index (κ1) is 34.7. The fourth-order valence-electron chi connectivity index (χ4n) is 7.71. The molecule has 0 saturated heterocycles. The summed E-state index contributed by atoms with van der Waals surface area (Å²) >= 11 is 0. The van der Waals surface area contributed by atoms with Crippen LogP contribution in [0.4, 0.5) is 0 Å². The molecule has 8 aromatic carbocycles. The number of pyridine rings is 1. The zero-order valence-electron chi connectivity index (χ0n) is 31.7. The summed E-state index contributed by atoms with van der Waals surface area (Å²) in [4.78, 5) is 15.7. The highest BCUT2D eigenvalue weighted by atomic mass is 14.9. The van der Waals surface area contributed by atoms with Crippen LogP contribution < -0.4 is 0 Å². The molecule has 0 aliphatic rings. The van der Waals surface area contributed by atoms with E-state index >= 15 is 0 Å². The van der Waals surface area contributed by atoms with Crippen molar-refractivity contribution in [2.24, 2.45) is 0 Å². The van der Waals surface area contributed by atoms with Crippen molar-refractivity contribution in [1.82, 2.24) is 15.0 Å². The zero-order chi connectivity index (χ0) is 38.7. The molecule has 0 aliphatic carbocycles. The first-order chi connectivity index (χ1) is 28.7. The number of rotatable bonds is 8. The summed E-state index contributed by atoms with van der Waals surface area (Å²) in [5, 5.41) is 0.959. The molecule has 2 heterocycles. The lowest BCUT2D eigenvalue weighted by Gasteiger charge is -2.13. The first-order valence-electron chi connectivity index (χ1n) is 19.6. The number of hydrogen-bond acceptors (Lipinski definition) is 3. The molecular weight excluding hydrogens is 703 g/mol. The van der Waals surface area contributed by atoms with Crippen LogP contribution in [-0.4, -0.2) is 15.0 Å². The van der Waals surface area contributed by atoms with Crippen LogP contribution in [0.3, 0.4) is 0 Å². The number of aromatic nitrogens is 3. The molecule has 2 aromatic heterocycles. The van der Waals surface area contributed by atoms with Crippen LogP contribution in [0.25, 0.3) is 101 Å². The highest BCUT2D eigenvalue weighted by Gasteiger charge is 2.16. The Bertz CT molecular complexity index is 2990. The maximum Gasteiger partial charge on any atom is 0.160 e. The number of benzene rings is 8. The molecule has 58 heavy (non-hydrogen) atoms. The first-order valence-corrected chi connectivity index (χ1v) is 19.6. The van der Waals surface area contributed by atoms with E-state index in [9.17, 15) is 0 Å². The summed E-state index contributed by atoms with van der Waals surface area (Å²) in [6.45, 7) is 0. The quantitative estimate of drug-likeness (QED) is 0.156. The molecule has 0 atom stereocenters. The van der Waals surface area contributed by atoms with Gasteiger partial charge in [-0.15, -0.1) is 0 Å². The topological polar surface area (TPSA) is 38.7 Å². The highest BCUT2D eigenvalue weighted by molar-refractivity contribution is 5.94. The van der Waals surface area contributed by atoms with Crippen molar-refractivity contribution >= 4 is 10.9 Å². The van der Waals surface area contributed by atoms with Crippen molar-refractivity contribution < 1.29 is 0 Å². The van der Waals surface area contributed by atoms with E-state index in [4.69, 9.17) is 15.0 Å². The minimum absolute atomic E-state index is 0.658. The third-order valence-electron chi connectivity index (χ3n) is 10.7. The molecule has 0 N–H and O–H groups in total. The molecule has 0 radical (unpaired) electrons. The van der Waals surface area contributed by atoms with E-state index in [2.05, 4.69) is 200 Å². The van der Waals surface area contributed by atoms with Crippen LogP contribution in [0.15, 0.2) is 224 Å². The molecule has 0 aliphatic heterocycles. The number of hydrogen-bond donors (Lipinski definition) is 0. The summed E-state index contributed by atoms with van der Waals surface area (Å²) in [5.41, 5.74) is 16.9. The summed E-state index contributed by atoms with van der Waals surface area (Å²) in [6.07, 6.45) is 0. The van der Waals surface area contributed by atoms with Crippen LogP contribution in [-0.2, 0) is 0 Å². The second-order valence-corrected chi connectivity index (χ2v) is 14.5.